The lowest BCUT2D eigenvalue weighted by atomic mass is 9.96. The first-order valence-electron chi connectivity index (χ1n) is 3.84. The molecule has 0 N–H and O–H groups in total. The Morgan fingerprint density at radius 2 is 1.67 bits per heavy atom. The minimum atomic E-state index is -1.05. The summed E-state index contributed by atoms with van der Waals surface area (Å²) in [5, 5.41) is 8.61. The van der Waals surface area contributed by atoms with E-state index in [1.807, 2.05) is 6.07 Å². The van der Waals surface area contributed by atoms with E-state index >= 15 is 0 Å². The molecule has 0 aliphatic rings. The molecule has 3 nitrogen and oxygen atoms in total. The van der Waals surface area contributed by atoms with Crippen LogP contribution >= 0.6 is 0 Å². The molecule has 3 heteroatoms. The molecule has 12 heavy (non-hydrogen) atoms. The summed E-state index contributed by atoms with van der Waals surface area (Å²) in [6, 6.07) is 1.89. The molecular weight excluding hydrogens is 154 g/mol. The molecule has 0 saturated heterocycles. The van der Waals surface area contributed by atoms with E-state index in [1.165, 1.54) is 0 Å². The third-order valence-electron chi connectivity index (χ3n) is 1.19. The molecule has 0 fully saturated rings. The number of nitriles is 1. The Labute approximate surface area is 73.3 Å². The van der Waals surface area contributed by atoms with E-state index in [2.05, 4.69) is 0 Å². The summed E-state index contributed by atoms with van der Waals surface area (Å²) in [5.74, 6) is -0.475. The number of rotatable bonds is 1. The number of hydrogen-bond acceptors (Lipinski definition) is 3. The Bertz CT molecular complexity index is 218. The Balaban J connectivity index is 4.37. The van der Waals surface area contributed by atoms with Crippen LogP contribution in [0.5, 0.6) is 0 Å². The van der Waals surface area contributed by atoms with Crippen molar-refractivity contribution in [2.45, 2.75) is 40.2 Å². The molecule has 0 rings (SSSR count). The van der Waals surface area contributed by atoms with E-state index in [0.29, 0.717) is 0 Å². The molecule has 0 unspecified atom stereocenters. The van der Waals surface area contributed by atoms with Gasteiger partial charge in [0.1, 0.15) is 11.0 Å². The zero-order valence-electron chi connectivity index (χ0n) is 8.26. The van der Waals surface area contributed by atoms with Crippen molar-refractivity contribution >= 4 is 5.97 Å². The zero-order chi connectivity index (χ0) is 9.99. The van der Waals surface area contributed by atoms with Crippen LogP contribution < -0.4 is 0 Å². The third kappa shape index (κ3) is 3.38. The Morgan fingerprint density at radius 3 is 1.92 bits per heavy atom. The fourth-order valence-electron chi connectivity index (χ4n) is 0.451. The van der Waals surface area contributed by atoms with Crippen molar-refractivity contribution in [1.82, 2.24) is 0 Å². The lowest BCUT2D eigenvalue weighted by Crippen LogP contribution is -2.32. The van der Waals surface area contributed by atoms with E-state index in [0.717, 1.165) is 0 Å². The van der Waals surface area contributed by atoms with Gasteiger partial charge in [-0.15, -0.1) is 0 Å². The number of esters is 1. The molecule has 0 heterocycles. The second-order valence-electron chi connectivity index (χ2n) is 4.24. The van der Waals surface area contributed by atoms with Crippen LogP contribution in [0.25, 0.3) is 0 Å². The number of carbonyl (C=O) groups excluding carboxylic acids is 1. The molecule has 68 valence electrons. The standard InChI is InChI=1S/C9H15NO2/c1-8(2,3)12-7(11)9(4,5)6-10/h1-5H3. The molecule has 0 bridgehead atoms. The monoisotopic (exact) mass is 169 g/mol. The van der Waals surface area contributed by atoms with Gasteiger partial charge in [0.15, 0.2) is 0 Å². The fourth-order valence-corrected chi connectivity index (χ4v) is 0.451. The highest BCUT2D eigenvalue weighted by atomic mass is 16.6. The molecule has 0 aromatic heterocycles. The summed E-state index contributed by atoms with van der Waals surface area (Å²) >= 11 is 0. The first-order valence-corrected chi connectivity index (χ1v) is 3.84. The van der Waals surface area contributed by atoms with Crippen LogP contribution in [0, 0.1) is 16.7 Å². The van der Waals surface area contributed by atoms with E-state index in [9.17, 15) is 4.79 Å². The Kier molecular flexibility index (Phi) is 2.87. The molecule has 0 saturated carbocycles. The van der Waals surface area contributed by atoms with Crippen molar-refractivity contribution in [3.05, 3.63) is 0 Å². The lowest BCUT2D eigenvalue weighted by Gasteiger charge is -2.23. The van der Waals surface area contributed by atoms with Gasteiger partial charge in [-0.2, -0.15) is 5.26 Å². The summed E-state index contributed by atoms with van der Waals surface area (Å²) in [5.41, 5.74) is -1.57. The van der Waals surface area contributed by atoms with Crippen LogP contribution in [0.2, 0.25) is 0 Å². The van der Waals surface area contributed by atoms with Crippen molar-refractivity contribution in [3.63, 3.8) is 0 Å². The van der Waals surface area contributed by atoms with Gasteiger partial charge < -0.3 is 4.74 Å². The van der Waals surface area contributed by atoms with Crippen molar-refractivity contribution in [1.29, 1.82) is 5.26 Å². The van der Waals surface area contributed by atoms with E-state index in [4.69, 9.17) is 10.00 Å². The molecule has 0 aromatic carbocycles. The first kappa shape index (κ1) is 11.0. The maximum absolute atomic E-state index is 11.3. The van der Waals surface area contributed by atoms with Gasteiger partial charge in [0.05, 0.1) is 6.07 Å². The van der Waals surface area contributed by atoms with Gasteiger partial charge in [-0.05, 0) is 34.6 Å². The summed E-state index contributed by atoms with van der Waals surface area (Å²) in [6.45, 7) is 8.41. The predicted molar refractivity (Wildman–Crippen MR) is 45.2 cm³/mol. The van der Waals surface area contributed by atoms with Crippen molar-refractivity contribution < 1.29 is 9.53 Å². The van der Waals surface area contributed by atoms with Crippen molar-refractivity contribution in [2.24, 2.45) is 5.41 Å². The SMILES string of the molecule is CC(C)(C)OC(=O)C(C)(C)C#N. The predicted octanol–water partition coefficient (Wildman–Crippen LogP) is 1.88. The van der Waals surface area contributed by atoms with Crippen molar-refractivity contribution in [3.8, 4) is 6.07 Å². The number of carbonyl (C=O) groups is 1. The molecule has 0 aliphatic carbocycles. The van der Waals surface area contributed by atoms with E-state index in [1.54, 1.807) is 34.6 Å². The molecule has 0 spiro atoms. The van der Waals surface area contributed by atoms with Crippen LogP contribution in [0.1, 0.15) is 34.6 Å². The second-order valence-corrected chi connectivity index (χ2v) is 4.24. The average molecular weight is 169 g/mol. The molecular formula is C9H15NO2. The average Bonchev–Trinajstić information content (AvgIpc) is 1.84. The zero-order valence-corrected chi connectivity index (χ0v) is 8.26. The summed E-state index contributed by atoms with van der Waals surface area (Å²) < 4.78 is 5.03. The maximum atomic E-state index is 11.3. The van der Waals surface area contributed by atoms with Crippen LogP contribution in [0.4, 0.5) is 0 Å². The van der Waals surface area contributed by atoms with E-state index < -0.39 is 17.0 Å². The molecule has 0 aromatic rings. The highest BCUT2D eigenvalue weighted by Crippen LogP contribution is 2.19. The normalized spacial score (nSPS) is 12.0. The van der Waals surface area contributed by atoms with Crippen molar-refractivity contribution in [2.75, 3.05) is 0 Å². The summed E-state index contributed by atoms with van der Waals surface area (Å²) in [7, 11) is 0. The Hall–Kier alpha value is -1.04. The van der Waals surface area contributed by atoms with Gasteiger partial charge in [-0.1, -0.05) is 0 Å². The lowest BCUT2D eigenvalue weighted by molar-refractivity contribution is -0.162. The maximum Gasteiger partial charge on any atom is 0.326 e. The van der Waals surface area contributed by atoms with Crippen LogP contribution in [-0.4, -0.2) is 11.6 Å². The molecule has 0 amide bonds. The highest BCUT2D eigenvalue weighted by molar-refractivity contribution is 5.79. The number of hydrogen-bond donors (Lipinski definition) is 0. The van der Waals surface area contributed by atoms with Gasteiger partial charge in [0, 0.05) is 0 Å². The van der Waals surface area contributed by atoms with Gasteiger partial charge in [0.2, 0.25) is 0 Å². The number of nitrogens with zero attached hydrogens (tertiary/aromatic N) is 1. The van der Waals surface area contributed by atoms with Crippen LogP contribution in [-0.2, 0) is 9.53 Å². The topological polar surface area (TPSA) is 50.1 Å². The van der Waals surface area contributed by atoms with Gasteiger partial charge in [0.25, 0.3) is 0 Å². The van der Waals surface area contributed by atoms with Crippen LogP contribution in [0.15, 0.2) is 0 Å². The summed E-state index contributed by atoms with van der Waals surface area (Å²) in [6.07, 6.45) is 0. The van der Waals surface area contributed by atoms with Crippen LogP contribution in [0.3, 0.4) is 0 Å². The Morgan fingerprint density at radius 1 is 1.25 bits per heavy atom. The fraction of sp³-hybridized carbons (Fsp3) is 0.778. The first-order chi connectivity index (χ1) is 5.19. The van der Waals surface area contributed by atoms with Gasteiger partial charge in [-0.3, -0.25) is 4.79 Å². The summed E-state index contributed by atoms with van der Waals surface area (Å²) in [4.78, 5) is 11.3. The number of ether oxygens (including phenoxy) is 1. The molecule has 0 atom stereocenters. The highest BCUT2D eigenvalue weighted by Gasteiger charge is 2.32. The third-order valence-corrected chi connectivity index (χ3v) is 1.19. The quantitative estimate of drug-likeness (QED) is 0.563. The smallest absolute Gasteiger partial charge is 0.326 e. The van der Waals surface area contributed by atoms with E-state index in [-0.39, 0.29) is 0 Å². The minimum absolute atomic E-state index is 0.475. The molecule has 0 radical (unpaired) electrons. The second kappa shape index (κ2) is 3.14. The van der Waals surface area contributed by atoms with Gasteiger partial charge in [-0.25, -0.2) is 0 Å². The molecule has 0 aliphatic heterocycles. The van der Waals surface area contributed by atoms with Gasteiger partial charge >= 0.3 is 5.97 Å². The largest absolute Gasteiger partial charge is 0.459 e. The minimum Gasteiger partial charge on any atom is -0.459 e.